The van der Waals surface area contributed by atoms with Crippen molar-refractivity contribution in [2.24, 2.45) is 5.92 Å². The van der Waals surface area contributed by atoms with Crippen LogP contribution in [0.1, 0.15) is 38.5 Å². The number of rotatable bonds is 4. The maximum absolute atomic E-state index is 12.4. The number of hydrogen-bond donors (Lipinski definition) is 1. The second kappa shape index (κ2) is 6.97. The highest BCUT2D eigenvalue weighted by Crippen LogP contribution is 2.26. The third kappa shape index (κ3) is 5.25. The van der Waals surface area contributed by atoms with Gasteiger partial charge in [-0.25, -0.2) is 0 Å². The molecule has 1 N–H and O–H groups in total. The molecule has 1 aliphatic rings. The molecule has 0 bridgehead atoms. The Balaban J connectivity index is 2.62. The van der Waals surface area contributed by atoms with E-state index in [4.69, 9.17) is 5.11 Å². The maximum atomic E-state index is 12.4. The van der Waals surface area contributed by atoms with Gasteiger partial charge >= 0.3 is 6.18 Å². The summed E-state index contributed by atoms with van der Waals surface area (Å²) in [4.78, 5) is 12.8. The van der Waals surface area contributed by atoms with E-state index in [1.807, 2.05) is 0 Å². The molecule has 1 fully saturated rings. The van der Waals surface area contributed by atoms with Crippen LogP contribution in [0.25, 0.3) is 0 Å². The van der Waals surface area contributed by atoms with Gasteiger partial charge in [-0.15, -0.1) is 0 Å². The Bertz CT molecular complexity index is 261. The summed E-state index contributed by atoms with van der Waals surface area (Å²) in [5.74, 6) is -0.760. The molecule has 1 rings (SSSR count). The lowest BCUT2D eigenvalue weighted by Crippen LogP contribution is -2.43. The highest BCUT2D eigenvalue weighted by Gasteiger charge is 2.35. The van der Waals surface area contributed by atoms with E-state index in [2.05, 4.69) is 0 Å². The van der Waals surface area contributed by atoms with Gasteiger partial charge in [0.1, 0.15) is 6.54 Å². The summed E-state index contributed by atoms with van der Waals surface area (Å²) in [5.41, 5.74) is 0. The first-order valence-electron chi connectivity index (χ1n) is 6.40. The smallest absolute Gasteiger partial charge is 0.395 e. The van der Waals surface area contributed by atoms with Gasteiger partial charge in [-0.05, 0) is 12.8 Å². The fourth-order valence-corrected chi connectivity index (χ4v) is 2.39. The van der Waals surface area contributed by atoms with E-state index in [1.54, 1.807) is 0 Å². The number of aliphatic hydroxyl groups is 1. The Morgan fingerprint density at radius 1 is 1.17 bits per heavy atom. The molecule has 0 heterocycles. The minimum Gasteiger partial charge on any atom is -0.395 e. The molecule has 1 amide bonds. The van der Waals surface area contributed by atoms with Crippen LogP contribution in [-0.2, 0) is 4.79 Å². The molecule has 1 aliphatic carbocycles. The molecule has 0 aromatic carbocycles. The molecule has 0 aliphatic heterocycles. The lowest BCUT2D eigenvalue weighted by molar-refractivity contribution is -0.164. The number of carbonyl (C=O) groups is 1. The number of alkyl halides is 3. The zero-order chi connectivity index (χ0) is 13.6. The number of nitrogens with zero attached hydrogens (tertiary/aromatic N) is 1. The SMILES string of the molecule is O=C(C1CCCCCC1)N(CCO)CC(F)(F)F. The highest BCUT2D eigenvalue weighted by atomic mass is 19.4. The van der Waals surface area contributed by atoms with E-state index in [0.717, 1.165) is 30.6 Å². The van der Waals surface area contributed by atoms with Gasteiger partial charge in [0.2, 0.25) is 5.91 Å². The van der Waals surface area contributed by atoms with Crippen molar-refractivity contribution < 1.29 is 23.1 Å². The summed E-state index contributed by atoms with van der Waals surface area (Å²) < 4.78 is 37.1. The van der Waals surface area contributed by atoms with Crippen molar-refractivity contribution in [3.8, 4) is 0 Å². The van der Waals surface area contributed by atoms with Gasteiger partial charge in [0.25, 0.3) is 0 Å². The van der Waals surface area contributed by atoms with Gasteiger partial charge < -0.3 is 10.0 Å². The summed E-state index contributed by atoms with van der Waals surface area (Å²) in [7, 11) is 0. The largest absolute Gasteiger partial charge is 0.406 e. The van der Waals surface area contributed by atoms with Crippen LogP contribution in [0.15, 0.2) is 0 Å². The van der Waals surface area contributed by atoms with Crippen LogP contribution in [0.3, 0.4) is 0 Å². The van der Waals surface area contributed by atoms with Crippen LogP contribution in [0, 0.1) is 5.92 Å². The molecule has 3 nitrogen and oxygen atoms in total. The average molecular weight is 267 g/mol. The van der Waals surface area contributed by atoms with E-state index >= 15 is 0 Å². The summed E-state index contributed by atoms with van der Waals surface area (Å²) in [6.45, 7) is -1.94. The predicted octanol–water partition coefficient (Wildman–Crippen LogP) is 2.34. The zero-order valence-electron chi connectivity index (χ0n) is 10.4. The average Bonchev–Trinajstić information content (AvgIpc) is 2.54. The van der Waals surface area contributed by atoms with Crippen molar-refractivity contribution in [1.29, 1.82) is 0 Å². The topological polar surface area (TPSA) is 40.5 Å². The molecule has 0 aromatic rings. The van der Waals surface area contributed by atoms with Crippen molar-refractivity contribution in [3.05, 3.63) is 0 Å². The Labute approximate surface area is 105 Å². The van der Waals surface area contributed by atoms with Gasteiger partial charge in [-0.3, -0.25) is 4.79 Å². The molecule has 6 heteroatoms. The molecule has 0 atom stereocenters. The molecule has 0 radical (unpaired) electrons. The van der Waals surface area contributed by atoms with Crippen LogP contribution in [0.4, 0.5) is 13.2 Å². The van der Waals surface area contributed by atoms with Crippen molar-refractivity contribution in [1.82, 2.24) is 4.90 Å². The second-order valence-electron chi connectivity index (χ2n) is 4.79. The first-order valence-corrected chi connectivity index (χ1v) is 6.40. The van der Waals surface area contributed by atoms with Gasteiger partial charge in [0, 0.05) is 12.5 Å². The Kier molecular flexibility index (Phi) is 5.91. The standard InChI is InChI=1S/C12H20F3NO2/c13-12(14,15)9-16(7-8-17)11(18)10-5-3-1-2-4-6-10/h10,17H,1-9H2. The van der Waals surface area contributed by atoms with Crippen LogP contribution >= 0.6 is 0 Å². The number of amides is 1. The van der Waals surface area contributed by atoms with Crippen LogP contribution < -0.4 is 0 Å². The van der Waals surface area contributed by atoms with E-state index in [-0.39, 0.29) is 12.5 Å². The molecule has 1 saturated carbocycles. The third-order valence-corrected chi connectivity index (χ3v) is 3.26. The first kappa shape index (κ1) is 15.3. The molecule has 0 aromatic heterocycles. The molecular formula is C12H20F3NO2. The highest BCUT2D eigenvalue weighted by molar-refractivity contribution is 5.78. The van der Waals surface area contributed by atoms with Gasteiger partial charge in [-0.2, -0.15) is 13.2 Å². The minimum absolute atomic E-state index is 0.241. The van der Waals surface area contributed by atoms with Crippen LogP contribution in [0.5, 0.6) is 0 Å². The van der Waals surface area contributed by atoms with Crippen LogP contribution in [0.2, 0.25) is 0 Å². The van der Waals surface area contributed by atoms with E-state index in [1.165, 1.54) is 0 Å². The van der Waals surface area contributed by atoms with Crippen molar-refractivity contribution >= 4 is 5.91 Å². The van der Waals surface area contributed by atoms with Crippen molar-refractivity contribution in [3.63, 3.8) is 0 Å². The second-order valence-corrected chi connectivity index (χ2v) is 4.79. The Morgan fingerprint density at radius 3 is 2.17 bits per heavy atom. The predicted molar refractivity (Wildman–Crippen MR) is 60.9 cm³/mol. The Hall–Kier alpha value is -0.780. The lowest BCUT2D eigenvalue weighted by Gasteiger charge is -2.27. The fraction of sp³-hybridized carbons (Fsp3) is 0.917. The maximum Gasteiger partial charge on any atom is 0.406 e. The van der Waals surface area contributed by atoms with Crippen molar-refractivity contribution in [2.75, 3.05) is 19.7 Å². The molecule has 106 valence electrons. The summed E-state index contributed by atoms with van der Waals surface area (Å²) in [6, 6.07) is 0. The number of halogens is 3. The molecule has 0 unspecified atom stereocenters. The summed E-state index contributed by atoms with van der Waals surface area (Å²) in [5, 5.41) is 8.78. The van der Waals surface area contributed by atoms with E-state index in [9.17, 15) is 18.0 Å². The fourth-order valence-electron chi connectivity index (χ4n) is 2.39. The van der Waals surface area contributed by atoms with E-state index in [0.29, 0.717) is 12.8 Å². The summed E-state index contributed by atoms with van der Waals surface area (Å²) in [6.07, 6.45) is 0.809. The quantitative estimate of drug-likeness (QED) is 0.794. The molecule has 0 saturated heterocycles. The number of hydrogen-bond acceptors (Lipinski definition) is 2. The molecule has 0 spiro atoms. The first-order chi connectivity index (χ1) is 8.44. The van der Waals surface area contributed by atoms with Crippen molar-refractivity contribution in [2.45, 2.75) is 44.7 Å². The normalized spacial score (nSPS) is 18.4. The van der Waals surface area contributed by atoms with Gasteiger partial charge in [0.05, 0.1) is 6.61 Å². The van der Waals surface area contributed by atoms with Crippen LogP contribution in [-0.4, -0.2) is 41.8 Å². The molecule has 18 heavy (non-hydrogen) atoms. The Morgan fingerprint density at radius 2 is 1.72 bits per heavy atom. The monoisotopic (exact) mass is 267 g/mol. The number of carbonyl (C=O) groups excluding carboxylic acids is 1. The number of aliphatic hydroxyl groups excluding tert-OH is 1. The minimum atomic E-state index is -4.41. The lowest BCUT2D eigenvalue weighted by atomic mass is 9.98. The summed E-state index contributed by atoms with van der Waals surface area (Å²) >= 11 is 0. The third-order valence-electron chi connectivity index (χ3n) is 3.26. The van der Waals surface area contributed by atoms with E-state index < -0.39 is 25.2 Å². The molecular weight excluding hydrogens is 247 g/mol. The van der Waals surface area contributed by atoms with Gasteiger partial charge in [0.15, 0.2) is 0 Å². The van der Waals surface area contributed by atoms with Gasteiger partial charge in [-0.1, -0.05) is 25.7 Å². The zero-order valence-corrected chi connectivity index (χ0v) is 10.4.